The lowest BCUT2D eigenvalue weighted by molar-refractivity contribution is 1.11. The van der Waals surface area contributed by atoms with Crippen molar-refractivity contribution in [3.63, 3.8) is 0 Å². The predicted octanol–water partition coefficient (Wildman–Crippen LogP) is 2.41. The van der Waals surface area contributed by atoms with Crippen LogP contribution in [0.15, 0.2) is 0 Å². The minimum Gasteiger partial charge on any atom is -0.104 e. The van der Waals surface area contributed by atoms with Crippen LogP contribution in [0.1, 0.15) is 32.6 Å². The molecule has 0 spiro atoms. The van der Waals surface area contributed by atoms with Gasteiger partial charge in [0.15, 0.2) is 0 Å². The Morgan fingerprint density at radius 1 is 1.00 bits per heavy atom. The van der Waals surface area contributed by atoms with Crippen molar-refractivity contribution < 1.29 is 0 Å². The largest absolute Gasteiger partial charge is 0.104 e. The van der Waals surface area contributed by atoms with Gasteiger partial charge in [-0.15, -0.1) is 23.7 Å². The average molecular weight is 133 g/mol. The molecule has 0 bridgehead atoms. The first-order chi connectivity index (χ1) is 4.91. The van der Waals surface area contributed by atoms with Gasteiger partial charge < -0.3 is 0 Å². The minimum atomic E-state index is 0.710. The summed E-state index contributed by atoms with van der Waals surface area (Å²) in [5, 5.41) is 0. The van der Waals surface area contributed by atoms with Crippen molar-refractivity contribution in [1.82, 2.24) is 0 Å². The van der Waals surface area contributed by atoms with Crippen LogP contribution in [0.4, 0.5) is 0 Å². The van der Waals surface area contributed by atoms with E-state index in [4.69, 9.17) is 0 Å². The molecule has 53 valence electrons. The van der Waals surface area contributed by atoms with E-state index >= 15 is 0 Å². The molecule has 0 amide bonds. The van der Waals surface area contributed by atoms with E-state index in [1.54, 1.807) is 0 Å². The topological polar surface area (TPSA) is 0 Å². The molecule has 0 fully saturated rings. The van der Waals surface area contributed by atoms with Crippen molar-refractivity contribution in [1.29, 1.82) is 0 Å². The summed E-state index contributed by atoms with van der Waals surface area (Å²) in [4.78, 5) is 0. The van der Waals surface area contributed by atoms with E-state index in [1.165, 1.54) is 0 Å². The Bertz CT molecular complexity index is 146. The third kappa shape index (κ3) is 7.12. The third-order valence-corrected chi connectivity index (χ3v) is 0.927. The van der Waals surface area contributed by atoms with Crippen LogP contribution in [0, 0.1) is 30.6 Å². The Hall–Kier alpha value is -0.880. The molecule has 0 N–H and O–H groups in total. The molecule has 0 aliphatic heterocycles. The second-order valence-corrected chi connectivity index (χ2v) is 1.81. The van der Waals surface area contributed by atoms with E-state index in [0.29, 0.717) is 6.42 Å². The quantitative estimate of drug-likeness (QED) is 0.380. The summed E-state index contributed by atoms with van der Waals surface area (Å²) >= 11 is 0. The Labute approximate surface area is 64.0 Å². The molecule has 0 saturated carbocycles. The van der Waals surface area contributed by atoms with E-state index < -0.39 is 0 Å². The predicted molar refractivity (Wildman–Crippen MR) is 45.1 cm³/mol. The minimum absolute atomic E-state index is 0.710. The van der Waals surface area contributed by atoms with Crippen LogP contribution in [-0.4, -0.2) is 0 Å². The number of unbranched alkanes of at least 4 members (excludes halogenated alkanes) is 1. The van der Waals surface area contributed by atoms with Crippen LogP contribution >= 0.6 is 0 Å². The lowest BCUT2D eigenvalue weighted by Crippen LogP contribution is -1.65. The van der Waals surface area contributed by atoms with Crippen LogP contribution in [0.5, 0.6) is 0 Å². The molecule has 0 aromatic heterocycles. The van der Waals surface area contributed by atoms with Gasteiger partial charge in [0.1, 0.15) is 0 Å². The third-order valence-electron chi connectivity index (χ3n) is 0.927. The molecule has 0 nitrogen and oxygen atoms in total. The van der Waals surface area contributed by atoms with Crippen molar-refractivity contribution >= 4 is 0 Å². The SMILES string of the molecule is [CH2]CC#CCCC#CCC. The van der Waals surface area contributed by atoms with Gasteiger partial charge in [0.2, 0.25) is 0 Å². The summed E-state index contributed by atoms with van der Waals surface area (Å²) in [7, 11) is 0. The lowest BCUT2D eigenvalue weighted by atomic mass is 10.3. The van der Waals surface area contributed by atoms with Gasteiger partial charge in [-0.05, 0) is 6.92 Å². The summed E-state index contributed by atoms with van der Waals surface area (Å²) in [5.74, 6) is 11.9. The van der Waals surface area contributed by atoms with Gasteiger partial charge in [-0.2, -0.15) is 0 Å². The average Bonchev–Trinajstić information content (AvgIpc) is 1.97. The van der Waals surface area contributed by atoms with Crippen LogP contribution in [0.2, 0.25) is 0 Å². The summed E-state index contributed by atoms with van der Waals surface area (Å²) in [6.45, 7) is 5.66. The maximum Gasteiger partial charge on any atom is 0.0198 e. The highest BCUT2D eigenvalue weighted by molar-refractivity contribution is 5.05. The summed E-state index contributed by atoms with van der Waals surface area (Å²) in [6, 6.07) is 0. The van der Waals surface area contributed by atoms with Gasteiger partial charge in [0.05, 0.1) is 0 Å². The number of rotatable bonds is 1. The summed E-state index contributed by atoms with van der Waals surface area (Å²) in [6.07, 6.45) is 3.45. The fraction of sp³-hybridized carbons (Fsp3) is 0.500. The second-order valence-electron chi connectivity index (χ2n) is 1.81. The molecule has 0 atom stereocenters. The zero-order valence-electron chi connectivity index (χ0n) is 6.54. The van der Waals surface area contributed by atoms with E-state index in [0.717, 1.165) is 19.3 Å². The van der Waals surface area contributed by atoms with Crippen LogP contribution in [-0.2, 0) is 0 Å². The Morgan fingerprint density at radius 2 is 1.60 bits per heavy atom. The Kier molecular flexibility index (Phi) is 7.41. The van der Waals surface area contributed by atoms with E-state index in [2.05, 4.69) is 37.5 Å². The highest BCUT2D eigenvalue weighted by atomic mass is 13.8. The molecule has 0 unspecified atom stereocenters. The zero-order valence-corrected chi connectivity index (χ0v) is 6.54. The molecule has 10 heavy (non-hydrogen) atoms. The summed E-state index contributed by atoms with van der Waals surface area (Å²) < 4.78 is 0. The standard InChI is InChI=1S/C10H13/c1-3-5-7-9-10-8-6-4-2/h1,3-4,9-10H2,2H3. The normalized spacial score (nSPS) is 7.00. The van der Waals surface area contributed by atoms with Crippen molar-refractivity contribution in [3.05, 3.63) is 6.92 Å². The van der Waals surface area contributed by atoms with E-state index in [9.17, 15) is 0 Å². The highest BCUT2D eigenvalue weighted by Gasteiger charge is 1.71. The first-order valence-corrected chi connectivity index (χ1v) is 3.62. The highest BCUT2D eigenvalue weighted by Crippen LogP contribution is 1.83. The molecule has 0 aromatic rings. The van der Waals surface area contributed by atoms with Gasteiger partial charge in [0, 0.05) is 25.7 Å². The summed E-state index contributed by atoms with van der Waals surface area (Å²) in [5.41, 5.74) is 0. The first kappa shape index (κ1) is 9.12. The monoisotopic (exact) mass is 133 g/mol. The van der Waals surface area contributed by atoms with Crippen LogP contribution in [0.25, 0.3) is 0 Å². The number of hydrogen-bond acceptors (Lipinski definition) is 0. The molecule has 0 aliphatic carbocycles. The first-order valence-electron chi connectivity index (χ1n) is 3.62. The molecule has 0 saturated heterocycles. The second kappa shape index (κ2) is 8.12. The van der Waals surface area contributed by atoms with E-state index in [-0.39, 0.29) is 0 Å². The molecule has 0 aliphatic rings. The van der Waals surface area contributed by atoms with Gasteiger partial charge >= 0.3 is 0 Å². The molecule has 0 rings (SSSR count). The Balaban J connectivity index is 3.20. The van der Waals surface area contributed by atoms with Gasteiger partial charge in [-0.3, -0.25) is 0 Å². The smallest absolute Gasteiger partial charge is 0.0198 e. The molecule has 0 aromatic carbocycles. The molecule has 0 heteroatoms. The maximum atomic E-state index is 3.61. The van der Waals surface area contributed by atoms with E-state index in [1.807, 2.05) is 0 Å². The van der Waals surface area contributed by atoms with Crippen LogP contribution < -0.4 is 0 Å². The van der Waals surface area contributed by atoms with Gasteiger partial charge in [0.25, 0.3) is 0 Å². The molecule has 0 heterocycles. The van der Waals surface area contributed by atoms with Crippen molar-refractivity contribution in [2.24, 2.45) is 0 Å². The van der Waals surface area contributed by atoms with Crippen molar-refractivity contribution in [2.45, 2.75) is 32.6 Å². The fourth-order valence-corrected chi connectivity index (χ4v) is 0.515. The fourth-order valence-electron chi connectivity index (χ4n) is 0.515. The maximum absolute atomic E-state index is 3.61. The molecule has 1 radical (unpaired) electrons. The Morgan fingerprint density at radius 3 is 2.10 bits per heavy atom. The van der Waals surface area contributed by atoms with Crippen molar-refractivity contribution in [3.8, 4) is 23.7 Å². The number of hydrogen-bond donors (Lipinski definition) is 0. The van der Waals surface area contributed by atoms with Gasteiger partial charge in [-0.1, -0.05) is 6.92 Å². The molecular weight excluding hydrogens is 120 g/mol. The van der Waals surface area contributed by atoms with Crippen molar-refractivity contribution in [2.75, 3.05) is 0 Å². The lowest BCUT2D eigenvalue weighted by Gasteiger charge is -1.77. The van der Waals surface area contributed by atoms with Crippen LogP contribution in [0.3, 0.4) is 0 Å². The molecular formula is C10H13. The van der Waals surface area contributed by atoms with Gasteiger partial charge in [-0.25, -0.2) is 0 Å². The zero-order chi connectivity index (χ0) is 7.66.